The molecule has 14 heteroatoms. The molecule has 6 aromatic rings. The molecule has 4 aromatic heterocycles. The second-order valence-corrected chi connectivity index (χ2v) is 17.8. The summed E-state index contributed by atoms with van der Waals surface area (Å²) in [5.74, 6) is 3.18. The summed E-state index contributed by atoms with van der Waals surface area (Å²) in [5.41, 5.74) is 6.02. The van der Waals surface area contributed by atoms with Crippen molar-refractivity contribution in [2.24, 2.45) is 23.7 Å². The van der Waals surface area contributed by atoms with Gasteiger partial charge in [0, 0.05) is 36.9 Å². The minimum absolute atomic E-state index is 0.0239. The molecule has 2 amide bonds. The maximum atomic E-state index is 14.2. The zero-order valence-electron chi connectivity index (χ0n) is 36.8. The van der Waals surface area contributed by atoms with Crippen molar-refractivity contribution in [3.63, 3.8) is 0 Å². The van der Waals surface area contributed by atoms with Gasteiger partial charge in [-0.3, -0.25) is 9.59 Å². The highest BCUT2D eigenvalue weighted by Gasteiger charge is 2.45. The lowest BCUT2D eigenvalue weighted by molar-refractivity contribution is -0.137. The van der Waals surface area contributed by atoms with Gasteiger partial charge in [0.05, 0.1) is 35.9 Å². The summed E-state index contributed by atoms with van der Waals surface area (Å²) in [6.45, 7) is 16.8. The van der Waals surface area contributed by atoms with Gasteiger partial charge in [-0.2, -0.15) is 0 Å². The summed E-state index contributed by atoms with van der Waals surface area (Å²) in [4.78, 5) is 66.5. The quantitative estimate of drug-likeness (QED) is 0.0883. The molecule has 14 nitrogen and oxygen atoms in total. The van der Waals surface area contributed by atoms with Crippen molar-refractivity contribution in [1.82, 2.24) is 49.7 Å². The van der Waals surface area contributed by atoms with Gasteiger partial charge in [0.15, 0.2) is 0 Å². The molecule has 2 aliphatic heterocycles. The number of benzene rings is 2. The highest BCUT2D eigenvalue weighted by molar-refractivity contribution is 5.86. The fourth-order valence-corrected chi connectivity index (χ4v) is 9.00. The number of likely N-dealkylation sites (tertiary alicyclic amines) is 2. The number of rotatable bonds is 13. The van der Waals surface area contributed by atoms with E-state index < -0.39 is 12.1 Å². The molecule has 6 heterocycles. The number of hydrogen-bond acceptors (Lipinski definition) is 10. The Balaban J connectivity index is 0.945. The van der Waals surface area contributed by atoms with Crippen LogP contribution in [0.2, 0.25) is 0 Å². The lowest BCUT2D eigenvalue weighted by Crippen LogP contribution is -2.48. The smallest absolute Gasteiger partial charge is 0.246 e. The van der Waals surface area contributed by atoms with Gasteiger partial charge in [-0.05, 0) is 84.7 Å². The van der Waals surface area contributed by atoms with Crippen molar-refractivity contribution in [2.75, 3.05) is 10.6 Å². The molecule has 8 rings (SSSR count). The van der Waals surface area contributed by atoms with Crippen molar-refractivity contribution in [3.05, 3.63) is 109 Å². The van der Waals surface area contributed by atoms with E-state index >= 15 is 0 Å². The highest BCUT2D eigenvalue weighted by atomic mass is 16.2. The van der Waals surface area contributed by atoms with Crippen LogP contribution >= 0.6 is 0 Å². The third kappa shape index (κ3) is 8.55. The molecule has 2 saturated heterocycles. The van der Waals surface area contributed by atoms with E-state index in [1.54, 1.807) is 36.9 Å². The van der Waals surface area contributed by atoms with Crippen molar-refractivity contribution in [1.29, 1.82) is 0 Å². The van der Waals surface area contributed by atoms with Crippen LogP contribution in [-0.2, 0) is 9.59 Å². The van der Waals surface area contributed by atoms with E-state index in [9.17, 15) is 9.59 Å². The van der Waals surface area contributed by atoms with E-state index in [1.807, 2.05) is 49.9 Å². The minimum atomic E-state index is -0.476. The van der Waals surface area contributed by atoms with Crippen LogP contribution in [0.25, 0.3) is 33.6 Å². The molecule has 322 valence electrons. The maximum absolute atomic E-state index is 14.2. The molecule has 0 radical (unpaired) electrons. The monoisotopic (exact) mass is 834 g/mol. The van der Waals surface area contributed by atoms with Crippen LogP contribution < -0.4 is 10.6 Å². The Morgan fingerprint density at radius 2 is 0.887 bits per heavy atom. The number of carbonyl (C=O) groups excluding carboxylic acids is 2. The molecule has 0 unspecified atom stereocenters. The Morgan fingerprint density at radius 3 is 1.23 bits per heavy atom. The third-order valence-electron chi connectivity index (χ3n) is 13.0. The number of amides is 2. The summed E-state index contributed by atoms with van der Waals surface area (Å²) < 4.78 is 0. The van der Waals surface area contributed by atoms with Crippen LogP contribution in [-0.4, -0.2) is 85.7 Å². The molecule has 0 spiro atoms. The fraction of sp³-hybridized carbons (Fsp3) is 0.417. The Kier molecular flexibility index (Phi) is 12.2. The molecule has 0 bridgehead atoms. The average Bonchev–Trinajstić information content (AvgIpc) is 4.09. The molecule has 0 saturated carbocycles. The van der Waals surface area contributed by atoms with Gasteiger partial charge in [-0.25, -0.2) is 29.9 Å². The second-order valence-electron chi connectivity index (χ2n) is 17.8. The summed E-state index contributed by atoms with van der Waals surface area (Å²) in [6.07, 6.45) is 12.1. The average molecular weight is 835 g/mol. The van der Waals surface area contributed by atoms with Crippen LogP contribution in [0.3, 0.4) is 0 Å². The molecule has 2 fully saturated rings. The van der Waals surface area contributed by atoms with Gasteiger partial charge in [-0.15, -0.1) is 0 Å². The van der Waals surface area contributed by atoms with Gasteiger partial charge >= 0.3 is 0 Å². The summed E-state index contributed by atoms with van der Waals surface area (Å²) >= 11 is 0. The topological polar surface area (TPSA) is 174 Å². The number of imidazole rings is 2. The molecule has 62 heavy (non-hydrogen) atoms. The number of carbonyl (C=O) groups is 2. The Bertz CT molecular complexity index is 2260. The Labute approximate surface area is 363 Å². The summed E-state index contributed by atoms with van der Waals surface area (Å²) in [7, 11) is 0. The first-order valence-electron chi connectivity index (χ1n) is 21.9. The van der Waals surface area contributed by atoms with Gasteiger partial charge in [0.1, 0.15) is 23.7 Å². The second kappa shape index (κ2) is 17.9. The first-order chi connectivity index (χ1) is 29.9. The number of aromatic amines is 2. The number of H-pyrrole nitrogens is 2. The maximum Gasteiger partial charge on any atom is 0.246 e. The molecular weight excluding hydrogens is 777 g/mol. The fourth-order valence-electron chi connectivity index (χ4n) is 9.00. The SMILES string of the molecule is CC(C)[C@H](Nc1ncccn1)C(=O)N1[C@H](C)[C@H](C)C[C@H]1c1ncc(-c2ccc(-c3ccc(-c4cnc([C@@H]5C[C@@H](C)[C@@H](C)N5C(=O)[C@@H](Nc5ncccn5)C(C)C)[nH]4)cc3)cc2)[nH]1. The van der Waals surface area contributed by atoms with Crippen molar-refractivity contribution in [2.45, 2.75) is 104 Å². The van der Waals surface area contributed by atoms with Crippen molar-refractivity contribution in [3.8, 4) is 33.6 Å². The largest absolute Gasteiger partial charge is 0.342 e. The number of hydrogen-bond donors (Lipinski definition) is 4. The first-order valence-corrected chi connectivity index (χ1v) is 21.9. The van der Waals surface area contributed by atoms with E-state index in [1.165, 1.54) is 0 Å². The van der Waals surface area contributed by atoms with Crippen molar-refractivity contribution < 1.29 is 9.59 Å². The van der Waals surface area contributed by atoms with Gasteiger partial charge in [0.25, 0.3) is 0 Å². The van der Waals surface area contributed by atoms with Crippen LogP contribution in [0.4, 0.5) is 11.9 Å². The van der Waals surface area contributed by atoms with Gasteiger partial charge < -0.3 is 30.4 Å². The zero-order valence-corrected chi connectivity index (χ0v) is 36.8. The number of nitrogens with one attached hydrogen (secondary N) is 4. The van der Waals surface area contributed by atoms with E-state index in [0.717, 1.165) is 58.1 Å². The predicted octanol–water partition coefficient (Wildman–Crippen LogP) is 8.58. The van der Waals surface area contributed by atoms with Crippen LogP contribution in [0.15, 0.2) is 97.8 Å². The van der Waals surface area contributed by atoms with Crippen molar-refractivity contribution >= 4 is 23.7 Å². The molecule has 2 aromatic carbocycles. The van der Waals surface area contributed by atoms with E-state index in [0.29, 0.717) is 23.7 Å². The Morgan fingerprint density at radius 1 is 0.548 bits per heavy atom. The zero-order chi connectivity index (χ0) is 43.7. The van der Waals surface area contributed by atoms with E-state index in [4.69, 9.17) is 9.97 Å². The van der Waals surface area contributed by atoms with Crippen LogP contribution in [0, 0.1) is 23.7 Å². The molecule has 8 atom stereocenters. The van der Waals surface area contributed by atoms with Crippen LogP contribution in [0.1, 0.15) is 92.0 Å². The number of nitrogens with zero attached hydrogens (tertiary/aromatic N) is 8. The van der Waals surface area contributed by atoms with Crippen LogP contribution in [0.5, 0.6) is 0 Å². The number of aromatic nitrogens is 8. The minimum Gasteiger partial charge on any atom is -0.342 e. The van der Waals surface area contributed by atoms with Gasteiger partial charge in [-0.1, -0.05) is 90.1 Å². The lowest BCUT2D eigenvalue weighted by Gasteiger charge is -2.33. The molecule has 0 aliphatic carbocycles. The Hall–Kier alpha value is -6.44. The van der Waals surface area contributed by atoms with E-state index in [2.05, 4.69) is 117 Å². The number of anilines is 2. The third-order valence-corrected chi connectivity index (χ3v) is 13.0. The normalized spacial score (nSPS) is 22.3. The van der Waals surface area contributed by atoms with Gasteiger partial charge in [0.2, 0.25) is 23.7 Å². The standard InChI is InChI=1S/C48H58N12O2/c1-27(2)41(57-47-49-19-9-20-50-47)45(61)59-31(7)29(5)23-39(59)43-53-25-37(55-43)35-15-11-33(12-16-35)34-13-17-36(18-14-34)38-26-54-44(56-38)40-24-30(6)32(8)60(40)46(62)42(28(3)4)58-48-51-21-10-22-52-48/h9-22,25-32,39-42H,23-24H2,1-8H3,(H,53,55)(H,54,56)(H,49,50,57)(H,51,52,58)/t29-,30-,31-,32-,39+,40+,41+,42+/m1/s1. The lowest BCUT2D eigenvalue weighted by atomic mass is 10.0. The predicted molar refractivity (Wildman–Crippen MR) is 241 cm³/mol. The molecule has 4 N–H and O–H groups in total. The summed E-state index contributed by atoms with van der Waals surface area (Å²) in [5, 5.41) is 6.58. The molecule has 2 aliphatic rings. The molecular formula is C48H58N12O2. The first kappa shape index (κ1) is 42.3. The highest BCUT2D eigenvalue weighted by Crippen LogP contribution is 2.42. The van der Waals surface area contributed by atoms with E-state index in [-0.39, 0.29) is 47.8 Å². The summed E-state index contributed by atoms with van der Waals surface area (Å²) in [6, 6.07) is 19.2.